The van der Waals surface area contributed by atoms with Crippen molar-refractivity contribution in [3.63, 3.8) is 0 Å². The Morgan fingerprint density at radius 2 is 1.77 bits per heavy atom. The number of allylic oxidation sites excluding steroid dienone is 4. The number of benzene rings is 2. The van der Waals surface area contributed by atoms with Crippen LogP contribution in [-0.4, -0.2) is 36.1 Å². The summed E-state index contributed by atoms with van der Waals surface area (Å²) >= 11 is 1.52. The van der Waals surface area contributed by atoms with Crippen LogP contribution in [0.25, 0.3) is 0 Å². The third-order valence-corrected chi connectivity index (χ3v) is 7.72. The molecular formula is C29H35N3O5S2. The van der Waals surface area contributed by atoms with E-state index in [1.54, 1.807) is 24.3 Å². The molecule has 0 radical (unpaired) electrons. The smallest absolute Gasteiger partial charge is 0.357 e. The number of carbonyl (C=O) groups excluding carboxylic acids is 1. The van der Waals surface area contributed by atoms with Gasteiger partial charge in [0.1, 0.15) is 5.01 Å². The zero-order valence-corrected chi connectivity index (χ0v) is 23.7. The van der Waals surface area contributed by atoms with Crippen molar-refractivity contribution in [3.05, 3.63) is 106 Å². The number of amides is 1. The van der Waals surface area contributed by atoms with Gasteiger partial charge in [0, 0.05) is 12.5 Å². The molecule has 0 fully saturated rings. The van der Waals surface area contributed by atoms with E-state index in [9.17, 15) is 13.2 Å². The number of nitrogens with one attached hydrogen (secondary N) is 2. The van der Waals surface area contributed by atoms with Crippen LogP contribution in [0.3, 0.4) is 0 Å². The molecule has 0 saturated heterocycles. The first kappa shape index (κ1) is 30.2. The number of anilines is 1. The Hall–Kier alpha value is -3.31. The van der Waals surface area contributed by atoms with E-state index in [1.165, 1.54) is 11.3 Å². The van der Waals surface area contributed by atoms with E-state index in [4.69, 9.17) is 14.6 Å². The highest BCUT2D eigenvalue weighted by atomic mass is 32.2. The van der Waals surface area contributed by atoms with Crippen molar-refractivity contribution in [2.75, 3.05) is 11.8 Å². The molecule has 3 aromatic rings. The van der Waals surface area contributed by atoms with E-state index in [1.807, 2.05) is 47.4 Å². The van der Waals surface area contributed by atoms with Gasteiger partial charge in [-0.3, -0.25) is 14.1 Å². The Bertz CT molecular complexity index is 1370. The van der Waals surface area contributed by atoms with Crippen LogP contribution in [-0.2, 0) is 27.9 Å². The number of nitrogens with zero attached hydrogens (tertiary/aromatic N) is 1. The first-order valence-electron chi connectivity index (χ1n) is 12.7. The van der Waals surface area contributed by atoms with Gasteiger partial charge < -0.3 is 10.4 Å². The normalized spacial score (nSPS) is 14.4. The summed E-state index contributed by atoms with van der Waals surface area (Å²) in [6, 6.07) is 16.2. The summed E-state index contributed by atoms with van der Waals surface area (Å²) in [6.45, 7) is 2.05. The number of rotatable bonds is 11. The van der Waals surface area contributed by atoms with Crippen LogP contribution in [0, 0.1) is 0 Å². The molecule has 0 bridgehead atoms. The molecule has 2 atom stereocenters. The Labute approximate surface area is 234 Å². The van der Waals surface area contributed by atoms with E-state index in [0.717, 1.165) is 53.8 Å². The first-order chi connectivity index (χ1) is 18.8. The van der Waals surface area contributed by atoms with Crippen molar-refractivity contribution in [1.29, 1.82) is 0 Å². The lowest BCUT2D eigenvalue weighted by molar-refractivity contribution is -0.123. The molecule has 208 valence electrons. The number of carbonyl (C=O) groups is 1. The standard InChI is InChI=1S/C28H31N3O4S2.CH4O/c1-2-23-19-36-28(29-23)26(18-21-13-15-24(16-14-21)31-37(33,34)35)30-27(32)25(22-11-7-4-8-12-22)17-20-9-5-3-6-10-20;1-2/h4-5,7-16,19,25-26,31H,2-3,6,17-18H2,1H3,(H,30,32)(H,33,34,35);2H,1H3/t25?,26-;/m0./s1. The largest absolute Gasteiger partial charge is 0.400 e. The lowest BCUT2D eigenvalue weighted by Gasteiger charge is -2.23. The fraction of sp³-hybridized carbons (Fsp3) is 0.310. The van der Waals surface area contributed by atoms with Gasteiger partial charge in [0.25, 0.3) is 0 Å². The fourth-order valence-electron chi connectivity index (χ4n) is 4.31. The van der Waals surface area contributed by atoms with Crippen molar-refractivity contribution in [3.8, 4) is 0 Å². The summed E-state index contributed by atoms with van der Waals surface area (Å²) in [5, 5.41) is 13.1. The number of thiazole rings is 1. The summed E-state index contributed by atoms with van der Waals surface area (Å²) in [5.41, 5.74) is 4.26. The van der Waals surface area contributed by atoms with Crippen molar-refractivity contribution in [1.82, 2.24) is 10.3 Å². The molecule has 0 spiro atoms. The zero-order chi connectivity index (χ0) is 28.3. The summed E-state index contributed by atoms with van der Waals surface area (Å²) in [6.07, 6.45) is 10.4. The lowest BCUT2D eigenvalue weighted by atomic mass is 9.89. The van der Waals surface area contributed by atoms with Crippen molar-refractivity contribution >= 4 is 33.2 Å². The molecule has 0 saturated carbocycles. The van der Waals surface area contributed by atoms with E-state index in [-0.39, 0.29) is 23.6 Å². The second-order valence-corrected chi connectivity index (χ2v) is 11.0. The van der Waals surface area contributed by atoms with Crippen LogP contribution in [0.1, 0.15) is 60.0 Å². The monoisotopic (exact) mass is 569 g/mol. The molecule has 4 N–H and O–H groups in total. The summed E-state index contributed by atoms with van der Waals surface area (Å²) in [7, 11) is -3.35. The minimum absolute atomic E-state index is 0.0611. The number of aryl methyl sites for hydroxylation is 1. The number of aliphatic hydroxyl groups is 1. The molecule has 1 aliphatic carbocycles. The Morgan fingerprint density at radius 1 is 1.05 bits per heavy atom. The van der Waals surface area contributed by atoms with E-state index >= 15 is 0 Å². The first-order valence-corrected chi connectivity index (χ1v) is 15.1. The van der Waals surface area contributed by atoms with Gasteiger partial charge >= 0.3 is 10.3 Å². The Kier molecular flexibility index (Phi) is 11.4. The number of hydrogen-bond donors (Lipinski definition) is 4. The quantitative estimate of drug-likeness (QED) is 0.230. The van der Waals surface area contributed by atoms with Gasteiger partial charge in [0.05, 0.1) is 23.3 Å². The SMILES string of the molecule is CCc1csc([C@H](Cc2ccc(NS(=O)(=O)O)cc2)NC(=O)C(CC2=CCCC=C2)c2ccccc2)n1.CO. The second-order valence-electron chi connectivity index (χ2n) is 9.00. The molecule has 1 heterocycles. The molecule has 1 aliphatic rings. The van der Waals surface area contributed by atoms with Crippen LogP contribution in [0.15, 0.2) is 83.8 Å². The number of hydrogen-bond acceptors (Lipinski definition) is 6. The third-order valence-electron chi connectivity index (χ3n) is 6.22. The highest BCUT2D eigenvalue weighted by Gasteiger charge is 2.26. The maximum atomic E-state index is 13.8. The second kappa shape index (κ2) is 14.7. The number of aliphatic hydroxyl groups excluding tert-OH is 1. The molecule has 39 heavy (non-hydrogen) atoms. The third kappa shape index (κ3) is 9.43. The average Bonchev–Trinajstić information content (AvgIpc) is 3.43. The van der Waals surface area contributed by atoms with E-state index in [0.29, 0.717) is 12.8 Å². The van der Waals surface area contributed by atoms with E-state index in [2.05, 4.69) is 23.5 Å². The summed E-state index contributed by atoms with van der Waals surface area (Å²) in [5.74, 6) is -0.404. The summed E-state index contributed by atoms with van der Waals surface area (Å²) < 4.78 is 33.3. The molecule has 8 nitrogen and oxygen atoms in total. The predicted molar refractivity (Wildman–Crippen MR) is 156 cm³/mol. The lowest BCUT2D eigenvalue weighted by Crippen LogP contribution is -2.34. The zero-order valence-electron chi connectivity index (χ0n) is 22.1. The molecule has 10 heteroatoms. The van der Waals surface area contributed by atoms with E-state index < -0.39 is 10.3 Å². The predicted octanol–water partition coefficient (Wildman–Crippen LogP) is 5.38. The van der Waals surface area contributed by atoms with Gasteiger partial charge in [0.15, 0.2) is 0 Å². The maximum absolute atomic E-state index is 13.8. The highest BCUT2D eigenvalue weighted by molar-refractivity contribution is 7.87. The topological polar surface area (TPSA) is 129 Å². The van der Waals surface area contributed by atoms with Gasteiger partial charge in [-0.1, -0.05) is 73.2 Å². The van der Waals surface area contributed by atoms with Gasteiger partial charge in [-0.15, -0.1) is 11.3 Å². The molecule has 4 rings (SSSR count). The molecule has 1 unspecified atom stereocenters. The number of aromatic nitrogens is 1. The fourth-order valence-corrected chi connectivity index (χ4v) is 5.70. The molecule has 0 aliphatic heterocycles. The van der Waals surface area contributed by atoms with Crippen molar-refractivity contribution in [2.45, 2.75) is 51.0 Å². The minimum Gasteiger partial charge on any atom is -0.400 e. The molecule has 2 aromatic carbocycles. The van der Waals surface area contributed by atoms with Crippen molar-refractivity contribution in [2.24, 2.45) is 0 Å². The minimum atomic E-state index is -4.35. The van der Waals surface area contributed by atoms with Crippen LogP contribution in [0.2, 0.25) is 0 Å². The summed E-state index contributed by atoms with van der Waals surface area (Å²) in [4.78, 5) is 18.5. The van der Waals surface area contributed by atoms with Gasteiger partial charge in [-0.05, 0) is 55.4 Å². The van der Waals surface area contributed by atoms with Crippen LogP contribution in [0.4, 0.5) is 5.69 Å². The van der Waals surface area contributed by atoms with Gasteiger partial charge in [0.2, 0.25) is 5.91 Å². The maximum Gasteiger partial charge on any atom is 0.357 e. The Morgan fingerprint density at radius 3 is 2.36 bits per heavy atom. The Balaban J connectivity index is 0.00000205. The van der Waals surface area contributed by atoms with Crippen LogP contribution in [0.5, 0.6) is 0 Å². The average molecular weight is 570 g/mol. The molecular weight excluding hydrogens is 534 g/mol. The van der Waals surface area contributed by atoms with Gasteiger partial charge in [-0.2, -0.15) is 8.42 Å². The molecule has 1 amide bonds. The molecule has 1 aromatic heterocycles. The van der Waals surface area contributed by atoms with Crippen LogP contribution < -0.4 is 10.0 Å². The van der Waals surface area contributed by atoms with Crippen molar-refractivity contribution < 1.29 is 22.9 Å². The van der Waals surface area contributed by atoms with Gasteiger partial charge in [-0.25, -0.2) is 4.98 Å². The van der Waals surface area contributed by atoms with Crippen LogP contribution >= 0.6 is 11.3 Å². The highest BCUT2D eigenvalue weighted by Crippen LogP contribution is 2.29.